The summed E-state index contributed by atoms with van der Waals surface area (Å²) in [4.78, 5) is 16.3. The second-order valence-electron chi connectivity index (χ2n) is 7.73. The van der Waals surface area contributed by atoms with Gasteiger partial charge in [0.1, 0.15) is 0 Å². The molecule has 31 heavy (non-hydrogen) atoms. The maximum absolute atomic E-state index is 12.7. The van der Waals surface area contributed by atoms with Crippen LogP contribution in [-0.2, 0) is 26.0 Å². The quantitative estimate of drug-likeness (QED) is 0.534. The van der Waals surface area contributed by atoms with E-state index in [1.54, 1.807) is 42.6 Å². The van der Waals surface area contributed by atoms with E-state index in [4.69, 9.17) is 4.74 Å². The molecule has 8 nitrogen and oxygen atoms in total. The summed E-state index contributed by atoms with van der Waals surface area (Å²) >= 11 is 0. The molecule has 1 fully saturated rings. The number of hydrogen-bond acceptors (Lipinski definition) is 6. The van der Waals surface area contributed by atoms with Crippen LogP contribution in [0.15, 0.2) is 53.6 Å². The summed E-state index contributed by atoms with van der Waals surface area (Å²) in [7, 11) is -3.70. The van der Waals surface area contributed by atoms with Crippen molar-refractivity contribution in [3.8, 4) is 0 Å². The first-order valence-electron chi connectivity index (χ1n) is 10.4. The molecule has 1 aromatic carbocycles. The van der Waals surface area contributed by atoms with Crippen molar-refractivity contribution in [1.82, 2.24) is 15.0 Å². The highest BCUT2D eigenvalue weighted by molar-refractivity contribution is 7.89. The van der Waals surface area contributed by atoms with Crippen LogP contribution >= 0.6 is 0 Å². The number of ether oxygens (including phenoxy) is 1. The fourth-order valence-electron chi connectivity index (χ4n) is 3.57. The van der Waals surface area contributed by atoms with E-state index < -0.39 is 22.2 Å². The van der Waals surface area contributed by atoms with Gasteiger partial charge in [-0.05, 0) is 50.5 Å². The third-order valence-corrected chi connectivity index (χ3v) is 6.80. The van der Waals surface area contributed by atoms with Gasteiger partial charge in [-0.15, -0.1) is 0 Å². The summed E-state index contributed by atoms with van der Waals surface area (Å²) < 4.78 is 33.9. The molecule has 9 heteroatoms. The zero-order chi connectivity index (χ0) is 22.3. The number of aliphatic hydroxyl groups excluding tert-OH is 1. The fourth-order valence-corrected chi connectivity index (χ4v) is 4.86. The first-order valence-corrected chi connectivity index (χ1v) is 11.9. The van der Waals surface area contributed by atoms with E-state index in [1.807, 2.05) is 13.0 Å². The minimum Gasteiger partial charge on any atom is -0.394 e. The van der Waals surface area contributed by atoms with Gasteiger partial charge < -0.3 is 15.2 Å². The van der Waals surface area contributed by atoms with Crippen LogP contribution in [0.4, 0.5) is 0 Å². The Hall–Kier alpha value is -2.33. The highest BCUT2D eigenvalue weighted by Gasteiger charge is 2.33. The molecule has 3 N–H and O–H groups in total. The van der Waals surface area contributed by atoms with Gasteiger partial charge in [-0.2, -0.15) is 0 Å². The molecule has 1 amide bonds. The van der Waals surface area contributed by atoms with Crippen molar-refractivity contribution in [2.45, 2.75) is 55.8 Å². The number of benzene rings is 1. The van der Waals surface area contributed by atoms with E-state index in [9.17, 15) is 18.3 Å². The topological polar surface area (TPSA) is 118 Å². The number of pyridine rings is 1. The van der Waals surface area contributed by atoms with Gasteiger partial charge in [-0.1, -0.05) is 23.8 Å². The van der Waals surface area contributed by atoms with Gasteiger partial charge in [0, 0.05) is 18.4 Å². The van der Waals surface area contributed by atoms with Crippen molar-refractivity contribution in [1.29, 1.82) is 0 Å². The normalized spacial score (nSPS) is 21.5. The number of nitrogens with zero attached hydrogens (tertiary/aromatic N) is 1. The van der Waals surface area contributed by atoms with Gasteiger partial charge in [0.2, 0.25) is 15.9 Å². The molecule has 0 aliphatic carbocycles. The van der Waals surface area contributed by atoms with Crippen LogP contribution in [0.5, 0.6) is 0 Å². The molecular weight excluding hydrogens is 418 g/mol. The van der Waals surface area contributed by atoms with Crippen molar-refractivity contribution < 1.29 is 23.1 Å². The highest BCUT2D eigenvalue weighted by Crippen LogP contribution is 2.23. The zero-order valence-electron chi connectivity index (χ0n) is 17.5. The number of nitrogens with one attached hydrogen (secondary N) is 2. The SMILES string of the molecule is Cc1ccc(S(=O)(=O)N[C@@H]2CC[C@@H](CCNC(=O)Cc3ccccn3)O[C@@H]2CO)cc1. The maximum Gasteiger partial charge on any atom is 0.240 e. The lowest BCUT2D eigenvalue weighted by Crippen LogP contribution is -2.51. The summed E-state index contributed by atoms with van der Waals surface area (Å²) in [6.07, 6.45) is 2.83. The second kappa shape index (κ2) is 10.8. The van der Waals surface area contributed by atoms with Crippen LogP contribution in [-0.4, -0.2) is 55.8 Å². The van der Waals surface area contributed by atoms with E-state index in [0.29, 0.717) is 31.5 Å². The predicted octanol–water partition coefficient (Wildman–Crippen LogP) is 1.33. The molecule has 0 unspecified atom stereocenters. The molecule has 0 radical (unpaired) electrons. The van der Waals surface area contributed by atoms with Crippen LogP contribution in [0.1, 0.15) is 30.5 Å². The number of aromatic nitrogens is 1. The van der Waals surface area contributed by atoms with Crippen LogP contribution in [0.25, 0.3) is 0 Å². The Morgan fingerprint density at radius 1 is 1.19 bits per heavy atom. The number of sulfonamides is 1. The Labute approximate surface area is 183 Å². The summed E-state index contributed by atoms with van der Waals surface area (Å²) in [5.41, 5.74) is 1.68. The smallest absolute Gasteiger partial charge is 0.240 e. The first kappa shape index (κ1) is 23.3. The van der Waals surface area contributed by atoms with Gasteiger partial charge in [0.25, 0.3) is 0 Å². The van der Waals surface area contributed by atoms with Gasteiger partial charge in [-0.3, -0.25) is 9.78 Å². The van der Waals surface area contributed by atoms with Gasteiger partial charge >= 0.3 is 0 Å². The van der Waals surface area contributed by atoms with E-state index >= 15 is 0 Å². The summed E-state index contributed by atoms with van der Waals surface area (Å²) in [5.74, 6) is -0.114. The van der Waals surface area contributed by atoms with Crippen molar-refractivity contribution in [3.05, 3.63) is 59.9 Å². The lowest BCUT2D eigenvalue weighted by Gasteiger charge is -2.36. The van der Waals surface area contributed by atoms with Crippen molar-refractivity contribution in [2.75, 3.05) is 13.2 Å². The minimum atomic E-state index is -3.70. The molecule has 1 aromatic heterocycles. The highest BCUT2D eigenvalue weighted by atomic mass is 32.2. The summed E-state index contributed by atoms with van der Waals surface area (Å²) in [5, 5.41) is 12.6. The van der Waals surface area contributed by atoms with Gasteiger partial charge in [0.15, 0.2) is 0 Å². The fraction of sp³-hybridized carbons (Fsp3) is 0.455. The molecule has 3 atom stereocenters. The molecule has 1 saturated heterocycles. The Balaban J connectivity index is 1.46. The van der Waals surface area contributed by atoms with Crippen molar-refractivity contribution in [3.63, 3.8) is 0 Å². The Morgan fingerprint density at radius 2 is 1.97 bits per heavy atom. The number of carbonyl (C=O) groups excluding carboxylic acids is 1. The third kappa shape index (κ3) is 6.83. The molecule has 1 aliphatic heterocycles. The second-order valence-corrected chi connectivity index (χ2v) is 9.45. The lowest BCUT2D eigenvalue weighted by molar-refractivity contribution is -0.121. The third-order valence-electron chi connectivity index (χ3n) is 5.29. The van der Waals surface area contributed by atoms with E-state index in [2.05, 4.69) is 15.0 Å². The molecule has 2 heterocycles. The van der Waals surface area contributed by atoms with Crippen LogP contribution < -0.4 is 10.0 Å². The number of hydrogen-bond donors (Lipinski definition) is 3. The average molecular weight is 448 g/mol. The minimum absolute atomic E-state index is 0.114. The largest absolute Gasteiger partial charge is 0.394 e. The van der Waals surface area contributed by atoms with E-state index in [-0.39, 0.29) is 29.9 Å². The summed E-state index contributed by atoms with van der Waals surface area (Å²) in [6, 6.07) is 11.5. The molecule has 0 spiro atoms. The van der Waals surface area contributed by atoms with Crippen LogP contribution in [0.3, 0.4) is 0 Å². The Bertz CT molecular complexity index is 951. The number of rotatable bonds is 9. The Morgan fingerprint density at radius 3 is 2.65 bits per heavy atom. The maximum atomic E-state index is 12.7. The first-order chi connectivity index (χ1) is 14.9. The Kier molecular flexibility index (Phi) is 8.14. The van der Waals surface area contributed by atoms with Gasteiger partial charge in [0.05, 0.1) is 36.2 Å². The van der Waals surface area contributed by atoms with Gasteiger partial charge in [-0.25, -0.2) is 13.1 Å². The molecule has 0 saturated carbocycles. The number of aliphatic hydroxyl groups is 1. The predicted molar refractivity (Wildman–Crippen MR) is 116 cm³/mol. The monoisotopic (exact) mass is 447 g/mol. The number of aryl methyl sites for hydroxylation is 1. The van der Waals surface area contributed by atoms with Crippen molar-refractivity contribution in [2.24, 2.45) is 0 Å². The summed E-state index contributed by atoms with van der Waals surface area (Å²) in [6.45, 7) is 2.04. The lowest BCUT2D eigenvalue weighted by atomic mass is 9.98. The van der Waals surface area contributed by atoms with E-state index in [0.717, 1.165) is 5.56 Å². The number of carbonyl (C=O) groups is 1. The van der Waals surface area contributed by atoms with E-state index in [1.165, 1.54) is 0 Å². The molecule has 1 aliphatic rings. The number of amides is 1. The van der Waals surface area contributed by atoms with Crippen LogP contribution in [0, 0.1) is 6.92 Å². The molecule has 0 bridgehead atoms. The standard InChI is InChI=1S/C22H29N3O5S/c1-16-5-8-19(9-6-16)31(28,29)25-20-10-7-18(30-21(20)15-26)11-13-24-22(27)14-17-4-2-3-12-23-17/h2-6,8-9,12,18,20-21,25-26H,7,10-11,13-15H2,1H3,(H,24,27)/t18-,20+,21+/m0/s1. The molecular formula is C22H29N3O5S. The molecule has 2 aromatic rings. The zero-order valence-corrected chi connectivity index (χ0v) is 18.3. The van der Waals surface area contributed by atoms with Crippen molar-refractivity contribution >= 4 is 15.9 Å². The molecule has 168 valence electrons. The molecule has 3 rings (SSSR count). The van der Waals surface area contributed by atoms with Crippen LogP contribution in [0.2, 0.25) is 0 Å². The average Bonchev–Trinajstić information content (AvgIpc) is 2.75.